The molecule has 2 aromatic carbocycles. The fourth-order valence-corrected chi connectivity index (χ4v) is 3.98. The number of thiocarbonyl (C=S) groups is 1. The summed E-state index contributed by atoms with van der Waals surface area (Å²) in [5.74, 6) is -0.186. The third-order valence-electron chi connectivity index (χ3n) is 3.08. The zero-order chi connectivity index (χ0) is 16.2. The summed E-state index contributed by atoms with van der Waals surface area (Å²) in [6.45, 7) is 0. The smallest absolute Gasteiger partial charge is 0.263 e. The third-order valence-corrected chi connectivity index (χ3v) is 5.34. The van der Waals surface area contributed by atoms with Crippen molar-refractivity contribution in [1.29, 1.82) is 0 Å². The van der Waals surface area contributed by atoms with E-state index in [0.29, 0.717) is 14.9 Å². The molecule has 7 heteroatoms. The van der Waals surface area contributed by atoms with E-state index in [1.54, 1.807) is 17.8 Å². The molecule has 1 saturated heterocycles. The van der Waals surface area contributed by atoms with Crippen LogP contribution >= 0.6 is 35.7 Å². The van der Waals surface area contributed by atoms with E-state index in [0.717, 1.165) is 20.8 Å². The number of hydrogen-bond donors (Lipinski definition) is 3. The summed E-state index contributed by atoms with van der Waals surface area (Å²) in [7, 11) is 0. The average Bonchev–Trinajstić information content (AvgIpc) is 2.87. The van der Waals surface area contributed by atoms with E-state index in [1.807, 2.05) is 48.5 Å². The van der Waals surface area contributed by atoms with Crippen molar-refractivity contribution in [2.24, 2.45) is 0 Å². The Hall–Kier alpha value is -1.64. The van der Waals surface area contributed by atoms with Gasteiger partial charge in [-0.25, -0.2) is 5.21 Å². The van der Waals surface area contributed by atoms with Crippen molar-refractivity contribution in [3.63, 3.8) is 0 Å². The molecule has 0 spiro atoms. The van der Waals surface area contributed by atoms with Gasteiger partial charge in [0.25, 0.3) is 5.91 Å². The zero-order valence-corrected chi connectivity index (χ0v) is 14.3. The first kappa shape index (κ1) is 16.2. The Bertz CT molecular complexity index is 791. The summed E-state index contributed by atoms with van der Waals surface area (Å²) in [4.78, 5) is 14.5. The number of nitrogens with two attached hydrogens (primary N) is 1. The molecule has 0 atom stereocenters. The number of amides is 1. The van der Waals surface area contributed by atoms with Crippen LogP contribution in [0.5, 0.6) is 0 Å². The van der Waals surface area contributed by atoms with E-state index < -0.39 is 0 Å². The van der Waals surface area contributed by atoms with Crippen LogP contribution in [0.25, 0.3) is 6.08 Å². The van der Waals surface area contributed by atoms with Crippen molar-refractivity contribution < 1.29 is 15.5 Å². The van der Waals surface area contributed by atoms with Crippen LogP contribution in [-0.4, -0.2) is 15.4 Å². The van der Waals surface area contributed by atoms with Gasteiger partial charge in [0.15, 0.2) is 5.69 Å². The van der Waals surface area contributed by atoms with Crippen molar-refractivity contribution in [3.05, 3.63) is 59.0 Å². The Labute approximate surface area is 147 Å². The lowest BCUT2D eigenvalue weighted by Gasteiger charge is -2.07. The van der Waals surface area contributed by atoms with Crippen LogP contribution < -0.4 is 10.8 Å². The third kappa shape index (κ3) is 4.01. The number of carbonyl (C=O) groups excluding carboxylic acids is 1. The molecule has 116 valence electrons. The van der Waals surface area contributed by atoms with Crippen molar-refractivity contribution in [3.8, 4) is 0 Å². The Morgan fingerprint density at radius 1 is 1.22 bits per heavy atom. The van der Waals surface area contributed by atoms with Gasteiger partial charge in [-0.05, 0) is 29.8 Å². The van der Waals surface area contributed by atoms with Gasteiger partial charge < -0.3 is 5.32 Å². The molecule has 1 amide bonds. The van der Waals surface area contributed by atoms with E-state index >= 15 is 0 Å². The highest BCUT2D eigenvalue weighted by Crippen LogP contribution is 2.34. The van der Waals surface area contributed by atoms with E-state index in [-0.39, 0.29) is 5.91 Å². The van der Waals surface area contributed by atoms with Gasteiger partial charge in [-0.2, -0.15) is 5.48 Å². The highest BCUT2D eigenvalue weighted by Gasteiger charge is 2.22. The van der Waals surface area contributed by atoms with Gasteiger partial charge in [0.05, 0.1) is 4.91 Å². The predicted octanol–water partition coefficient (Wildman–Crippen LogP) is 2.91. The molecule has 1 aliphatic heterocycles. The summed E-state index contributed by atoms with van der Waals surface area (Å²) >= 11 is 7.87. The molecule has 2 aromatic rings. The summed E-state index contributed by atoms with van der Waals surface area (Å²) < 4.78 is 0.461. The van der Waals surface area contributed by atoms with Gasteiger partial charge in [0.2, 0.25) is 0 Å². The highest BCUT2D eigenvalue weighted by molar-refractivity contribution is 8.26. The van der Waals surface area contributed by atoms with Gasteiger partial charge in [-0.3, -0.25) is 4.79 Å². The number of carbonyl (C=O) groups is 1. The molecule has 0 unspecified atom stereocenters. The lowest BCUT2D eigenvalue weighted by molar-refractivity contribution is -0.825. The highest BCUT2D eigenvalue weighted by atomic mass is 32.2. The van der Waals surface area contributed by atoms with Gasteiger partial charge in [-0.15, -0.1) is 0 Å². The number of rotatable bonds is 4. The summed E-state index contributed by atoms with van der Waals surface area (Å²) in [5, 5.41) is 11.8. The predicted molar refractivity (Wildman–Crippen MR) is 96.7 cm³/mol. The maximum absolute atomic E-state index is 11.9. The molecule has 4 N–H and O–H groups in total. The molecule has 4 nitrogen and oxygen atoms in total. The van der Waals surface area contributed by atoms with Crippen molar-refractivity contribution in [2.45, 2.75) is 9.79 Å². The molecule has 0 bridgehead atoms. The minimum atomic E-state index is -0.186. The number of benzene rings is 2. The number of thioether (sulfide) groups is 1. The number of nitrogens with one attached hydrogen (secondary N) is 1. The van der Waals surface area contributed by atoms with Gasteiger partial charge in [-0.1, -0.05) is 53.9 Å². The minimum Gasteiger partial charge on any atom is -0.307 e. The van der Waals surface area contributed by atoms with E-state index in [2.05, 4.69) is 5.32 Å². The van der Waals surface area contributed by atoms with Crippen LogP contribution in [-0.2, 0) is 4.79 Å². The summed E-state index contributed by atoms with van der Waals surface area (Å²) in [6, 6.07) is 15.6. The Kier molecular flexibility index (Phi) is 5.14. The second-order valence-electron chi connectivity index (χ2n) is 4.69. The maximum atomic E-state index is 11.9. The first-order valence-electron chi connectivity index (χ1n) is 6.75. The molecule has 0 radical (unpaired) electrons. The van der Waals surface area contributed by atoms with Crippen LogP contribution in [0.2, 0.25) is 0 Å². The molecule has 1 aliphatic rings. The summed E-state index contributed by atoms with van der Waals surface area (Å²) in [6.07, 6.45) is 1.80. The van der Waals surface area contributed by atoms with Crippen molar-refractivity contribution in [2.75, 3.05) is 0 Å². The van der Waals surface area contributed by atoms with Gasteiger partial charge in [0, 0.05) is 21.9 Å². The molecule has 0 aromatic heterocycles. The van der Waals surface area contributed by atoms with E-state index in [4.69, 9.17) is 12.2 Å². The standard InChI is InChI=1S/C16H12N2O2S3/c19-15-14(23-16(21)17-15)9-10-8-11(18-20)6-7-13(10)22-12-4-2-1-3-5-12/h1-9,18,20H,(H,17,19,21)/p+1/b14-9-. The largest absolute Gasteiger partial charge is 0.307 e. The number of hydrogen-bond acceptors (Lipinski definition) is 5. The van der Waals surface area contributed by atoms with Crippen molar-refractivity contribution in [1.82, 2.24) is 5.32 Å². The Balaban J connectivity index is 1.98. The van der Waals surface area contributed by atoms with Crippen LogP contribution in [0, 0.1) is 0 Å². The lowest BCUT2D eigenvalue weighted by Crippen LogP contribution is -2.73. The topological polar surface area (TPSA) is 65.9 Å². The second kappa shape index (κ2) is 7.29. The fourth-order valence-electron chi connectivity index (χ4n) is 2.03. The molecule has 3 rings (SSSR count). The molecular weight excluding hydrogens is 348 g/mol. The molecule has 0 saturated carbocycles. The maximum Gasteiger partial charge on any atom is 0.263 e. The second-order valence-corrected chi connectivity index (χ2v) is 7.53. The normalized spacial score (nSPS) is 16.0. The van der Waals surface area contributed by atoms with Crippen LogP contribution in [0.3, 0.4) is 0 Å². The molecule has 23 heavy (non-hydrogen) atoms. The Morgan fingerprint density at radius 2 is 2.00 bits per heavy atom. The quantitative estimate of drug-likeness (QED) is 0.338. The van der Waals surface area contributed by atoms with Crippen LogP contribution in [0.1, 0.15) is 5.56 Å². The first-order valence-corrected chi connectivity index (χ1v) is 8.79. The summed E-state index contributed by atoms with van der Waals surface area (Å²) in [5.41, 5.74) is 2.59. The zero-order valence-electron chi connectivity index (χ0n) is 11.9. The Morgan fingerprint density at radius 3 is 2.65 bits per heavy atom. The molecule has 0 aliphatic carbocycles. The van der Waals surface area contributed by atoms with Gasteiger partial charge >= 0.3 is 0 Å². The van der Waals surface area contributed by atoms with E-state index in [9.17, 15) is 10.0 Å². The van der Waals surface area contributed by atoms with Crippen LogP contribution in [0.15, 0.2) is 63.2 Å². The first-order chi connectivity index (χ1) is 11.2. The van der Waals surface area contributed by atoms with Crippen molar-refractivity contribution >= 4 is 57.7 Å². The van der Waals surface area contributed by atoms with Gasteiger partial charge in [0.1, 0.15) is 4.32 Å². The fraction of sp³-hybridized carbons (Fsp3) is 0. The average molecular weight is 361 g/mol. The molecular formula is C16H13N2O2S3+. The monoisotopic (exact) mass is 361 g/mol. The van der Waals surface area contributed by atoms with Crippen LogP contribution in [0.4, 0.5) is 5.69 Å². The molecule has 1 heterocycles. The minimum absolute atomic E-state index is 0.186. The lowest BCUT2D eigenvalue weighted by atomic mass is 10.2. The molecule has 1 fully saturated rings. The number of quaternary nitrogens is 1. The van der Waals surface area contributed by atoms with E-state index in [1.165, 1.54) is 11.8 Å². The SMILES string of the molecule is O=C1NC(=S)S/C1=C\c1cc([NH2+]O)ccc1Sc1ccccc1.